The van der Waals surface area contributed by atoms with E-state index in [0.29, 0.717) is 5.92 Å². The fraction of sp³-hybridized carbons (Fsp3) is 0.429. The molecule has 0 bridgehead atoms. The average Bonchev–Trinajstić information content (AvgIpc) is 2.70. The Balaban J connectivity index is 1.83. The first-order valence-electron chi connectivity index (χ1n) is 9.03. The topological polar surface area (TPSA) is 26.6 Å². The third-order valence-corrected chi connectivity index (χ3v) is 5.38. The van der Waals surface area contributed by atoms with Gasteiger partial charge in [-0.25, -0.2) is 5.32 Å². The Bertz CT molecular complexity index is 639. The number of nitrogens with zero attached hydrogens (tertiary/aromatic N) is 2. The first-order valence-corrected chi connectivity index (χ1v) is 9.03. The smallest absolute Gasteiger partial charge is 0.120 e. The molecular weight excluding hydrogens is 296 g/mol. The highest BCUT2D eigenvalue weighted by Crippen LogP contribution is 2.46. The number of hydrogen-bond donors (Lipinski definition) is 0. The summed E-state index contributed by atoms with van der Waals surface area (Å²) in [6.07, 6.45) is 2.35. The summed E-state index contributed by atoms with van der Waals surface area (Å²) in [5.41, 5.74) is 2.46. The van der Waals surface area contributed by atoms with Gasteiger partial charge in [0.1, 0.15) is 5.66 Å². The van der Waals surface area contributed by atoms with Crippen molar-refractivity contribution in [3.8, 4) is 0 Å². The van der Waals surface area contributed by atoms with Crippen molar-refractivity contribution in [3.63, 3.8) is 0 Å². The summed E-state index contributed by atoms with van der Waals surface area (Å²) < 4.78 is 5.63. The molecule has 4 rings (SSSR count). The molecule has 3 heteroatoms. The molecule has 0 aliphatic carbocycles. The van der Waals surface area contributed by atoms with E-state index in [2.05, 4.69) is 65.6 Å². The van der Waals surface area contributed by atoms with Crippen molar-refractivity contribution >= 4 is 0 Å². The molecule has 0 amide bonds. The lowest BCUT2D eigenvalue weighted by Crippen LogP contribution is -2.61. The number of ether oxygens (including phenoxy) is 1. The molecule has 0 spiro atoms. The van der Waals surface area contributed by atoms with Crippen LogP contribution in [0.1, 0.15) is 29.9 Å². The molecule has 2 fully saturated rings. The predicted octanol–water partition coefficient (Wildman–Crippen LogP) is 3.35. The first kappa shape index (κ1) is 15.8. The fourth-order valence-corrected chi connectivity index (χ4v) is 4.32. The van der Waals surface area contributed by atoms with Crippen LogP contribution < -0.4 is 5.32 Å². The van der Waals surface area contributed by atoms with Gasteiger partial charge in [-0.15, -0.1) is 0 Å². The Kier molecular flexibility index (Phi) is 4.65. The zero-order valence-corrected chi connectivity index (χ0v) is 14.1. The lowest BCUT2D eigenvalue weighted by atomic mass is 9.74. The molecule has 24 heavy (non-hydrogen) atoms. The van der Waals surface area contributed by atoms with Crippen LogP contribution in [0.15, 0.2) is 60.7 Å². The Morgan fingerprint density at radius 1 is 0.917 bits per heavy atom. The van der Waals surface area contributed by atoms with Crippen molar-refractivity contribution in [3.05, 3.63) is 71.8 Å². The molecule has 125 valence electrons. The lowest BCUT2D eigenvalue weighted by Gasteiger charge is -2.52. The van der Waals surface area contributed by atoms with Gasteiger partial charge in [0.2, 0.25) is 0 Å². The summed E-state index contributed by atoms with van der Waals surface area (Å²) >= 11 is 0. The number of hydrogen-bond acceptors (Lipinski definition) is 2. The van der Waals surface area contributed by atoms with Crippen LogP contribution in [0.4, 0.5) is 0 Å². The van der Waals surface area contributed by atoms with E-state index in [1.165, 1.54) is 24.0 Å². The third-order valence-electron chi connectivity index (χ3n) is 5.38. The Morgan fingerprint density at radius 3 is 2.29 bits per heavy atom. The highest BCUT2D eigenvalue weighted by molar-refractivity contribution is 5.34. The molecule has 1 radical (unpaired) electrons. The molecule has 2 saturated heterocycles. The summed E-state index contributed by atoms with van der Waals surface area (Å²) in [5.74, 6) is 0.396. The molecule has 2 unspecified atom stereocenters. The third kappa shape index (κ3) is 2.77. The van der Waals surface area contributed by atoms with Crippen LogP contribution in [0.3, 0.4) is 0 Å². The van der Waals surface area contributed by atoms with Crippen LogP contribution in [-0.4, -0.2) is 37.7 Å². The molecule has 3 nitrogen and oxygen atoms in total. The molecule has 2 aromatic rings. The van der Waals surface area contributed by atoms with Crippen molar-refractivity contribution in [1.82, 2.24) is 10.2 Å². The van der Waals surface area contributed by atoms with E-state index in [0.717, 1.165) is 32.8 Å². The van der Waals surface area contributed by atoms with Crippen LogP contribution in [0.25, 0.3) is 0 Å². The Morgan fingerprint density at radius 2 is 1.58 bits per heavy atom. The largest absolute Gasteiger partial charge is 0.379 e. The number of morpholine rings is 1. The van der Waals surface area contributed by atoms with Gasteiger partial charge in [0.15, 0.2) is 0 Å². The summed E-state index contributed by atoms with van der Waals surface area (Å²) in [5, 5.41) is 5.28. The van der Waals surface area contributed by atoms with Gasteiger partial charge in [-0.2, -0.15) is 0 Å². The molecule has 2 aromatic carbocycles. The summed E-state index contributed by atoms with van der Waals surface area (Å²) in [6.45, 7) is 4.43. The summed E-state index contributed by atoms with van der Waals surface area (Å²) in [6, 6.07) is 21.8. The average molecular weight is 321 g/mol. The van der Waals surface area contributed by atoms with Crippen molar-refractivity contribution in [2.24, 2.45) is 0 Å². The van der Waals surface area contributed by atoms with Gasteiger partial charge in [0.05, 0.1) is 13.2 Å². The minimum atomic E-state index is -0.259. The van der Waals surface area contributed by atoms with Crippen molar-refractivity contribution in [1.29, 1.82) is 0 Å². The molecule has 2 aliphatic heterocycles. The van der Waals surface area contributed by atoms with Crippen molar-refractivity contribution in [2.75, 3.05) is 32.8 Å². The molecule has 2 atom stereocenters. The number of piperidine rings is 1. The second kappa shape index (κ2) is 7.06. The highest BCUT2D eigenvalue weighted by Gasteiger charge is 2.48. The van der Waals surface area contributed by atoms with Crippen LogP contribution in [0.5, 0.6) is 0 Å². The van der Waals surface area contributed by atoms with E-state index in [4.69, 9.17) is 10.1 Å². The molecule has 0 N–H and O–H groups in total. The van der Waals surface area contributed by atoms with E-state index in [-0.39, 0.29) is 5.66 Å². The molecule has 0 aromatic heterocycles. The first-order chi connectivity index (χ1) is 11.9. The monoisotopic (exact) mass is 321 g/mol. The standard InChI is InChI=1S/C21H25N2O/c1-3-8-18(9-4-1)20-12-7-13-22-21(20,19-10-5-2-6-11-19)23-14-16-24-17-15-23/h1-6,8-11,20H,7,12-17H2. The van der Waals surface area contributed by atoms with Gasteiger partial charge in [0.25, 0.3) is 0 Å². The molecule has 2 heterocycles. The van der Waals surface area contributed by atoms with Gasteiger partial charge >= 0.3 is 0 Å². The number of rotatable bonds is 3. The van der Waals surface area contributed by atoms with E-state index >= 15 is 0 Å². The van der Waals surface area contributed by atoms with E-state index < -0.39 is 0 Å². The maximum absolute atomic E-state index is 5.63. The van der Waals surface area contributed by atoms with E-state index in [9.17, 15) is 0 Å². The van der Waals surface area contributed by atoms with Crippen molar-refractivity contribution in [2.45, 2.75) is 24.4 Å². The molecule has 0 saturated carbocycles. The lowest BCUT2D eigenvalue weighted by molar-refractivity contribution is -0.0649. The maximum Gasteiger partial charge on any atom is 0.120 e. The van der Waals surface area contributed by atoms with Gasteiger partial charge in [-0.1, -0.05) is 60.7 Å². The minimum absolute atomic E-state index is 0.259. The summed E-state index contributed by atoms with van der Waals surface area (Å²) in [4.78, 5) is 2.56. The normalized spacial score (nSPS) is 28.6. The Hall–Kier alpha value is -1.68. The Labute approximate surface area is 144 Å². The van der Waals surface area contributed by atoms with Crippen LogP contribution >= 0.6 is 0 Å². The fourth-order valence-electron chi connectivity index (χ4n) is 4.32. The SMILES string of the molecule is c1ccc(C2CCC[N]C2(c2ccccc2)N2CCOCC2)cc1. The quantitative estimate of drug-likeness (QED) is 0.867. The van der Waals surface area contributed by atoms with Gasteiger partial charge in [0, 0.05) is 25.6 Å². The van der Waals surface area contributed by atoms with Gasteiger partial charge < -0.3 is 4.74 Å². The van der Waals surface area contributed by atoms with Gasteiger partial charge in [-0.3, -0.25) is 4.90 Å². The highest BCUT2D eigenvalue weighted by atomic mass is 16.5. The number of benzene rings is 2. The minimum Gasteiger partial charge on any atom is -0.379 e. The molecular formula is C21H25N2O. The summed E-state index contributed by atoms with van der Waals surface area (Å²) in [7, 11) is 0. The zero-order chi connectivity index (χ0) is 16.2. The molecule has 2 aliphatic rings. The van der Waals surface area contributed by atoms with E-state index in [1.807, 2.05) is 0 Å². The van der Waals surface area contributed by atoms with Gasteiger partial charge in [-0.05, 0) is 24.0 Å². The van der Waals surface area contributed by atoms with Crippen LogP contribution in [-0.2, 0) is 10.4 Å². The zero-order valence-electron chi connectivity index (χ0n) is 14.1. The van der Waals surface area contributed by atoms with Crippen LogP contribution in [0, 0.1) is 0 Å². The maximum atomic E-state index is 5.63. The predicted molar refractivity (Wildman–Crippen MR) is 95.9 cm³/mol. The second-order valence-corrected chi connectivity index (χ2v) is 6.68. The second-order valence-electron chi connectivity index (χ2n) is 6.68. The van der Waals surface area contributed by atoms with Crippen LogP contribution in [0.2, 0.25) is 0 Å². The van der Waals surface area contributed by atoms with Crippen molar-refractivity contribution < 1.29 is 4.74 Å². The van der Waals surface area contributed by atoms with E-state index in [1.54, 1.807) is 0 Å².